The van der Waals surface area contributed by atoms with Gasteiger partial charge in [-0.15, -0.1) is 5.10 Å². The summed E-state index contributed by atoms with van der Waals surface area (Å²) in [5, 5.41) is 19.5. The van der Waals surface area contributed by atoms with E-state index in [1.54, 1.807) is 23.0 Å². The number of nitrogen functional groups attached to an aromatic ring is 1. The maximum absolute atomic E-state index is 8.80. The first kappa shape index (κ1) is 11.9. The maximum atomic E-state index is 8.80. The van der Waals surface area contributed by atoms with Crippen LogP contribution in [0, 0.1) is 11.3 Å². The Balaban J connectivity index is 1.82. The largest absolute Gasteiger partial charge is 0.396 e. The van der Waals surface area contributed by atoms with Crippen LogP contribution in [-0.4, -0.2) is 26.5 Å². The lowest BCUT2D eigenvalue weighted by Crippen LogP contribution is -2.09. The van der Waals surface area contributed by atoms with Crippen LogP contribution in [0.2, 0.25) is 0 Å². The molecule has 2 aromatic heterocycles. The highest BCUT2D eigenvalue weighted by atomic mass is 15.4. The molecule has 7 nitrogen and oxygen atoms in total. The molecule has 18 heavy (non-hydrogen) atoms. The van der Waals surface area contributed by atoms with Crippen LogP contribution < -0.4 is 11.1 Å². The molecule has 0 atom stereocenters. The standard InChI is InChI=1S/C11H13N7/c12-8-10-9(13)2-3-11(16-10)14-4-1-6-18-7-5-15-17-18/h2-3,5,7H,1,4,6,13H2,(H,14,16). The maximum Gasteiger partial charge on any atom is 0.165 e. The molecule has 7 heteroatoms. The van der Waals surface area contributed by atoms with Crippen molar-refractivity contribution >= 4 is 11.5 Å². The van der Waals surface area contributed by atoms with E-state index in [4.69, 9.17) is 11.0 Å². The summed E-state index contributed by atoms with van der Waals surface area (Å²) in [4.78, 5) is 4.09. The van der Waals surface area contributed by atoms with E-state index < -0.39 is 0 Å². The zero-order valence-corrected chi connectivity index (χ0v) is 9.74. The Bertz CT molecular complexity index is 541. The summed E-state index contributed by atoms with van der Waals surface area (Å²) in [6.07, 6.45) is 4.35. The number of pyridine rings is 1. The van der Waals surface area contributed by atoms with Crippen molar-refractivity contribution in [2.75, 3.05) is 17.6 Å². The van der Waals surface area contributed by atoms with E-state index in [-0.39, 0.29) is 5.69 Å². The number of anilines is 2. The van der Waals surface area contributed by atoms with Crippen molar-refractivity contribution < 1.29 is 0 Å². The van der Waals surface area contributed by atoms with Crippen LogP contribution in [0.5, 0.6) is 0 Å². The number of nitrogens with one attached hydrogen (secondary N) is 1. The van der Waals surface area contributed by atoms with E-state index in [9.17, 15) is 0 Å². The molecule has 92 valence electrons. The predicted molar refractivity (Wildman–Crippen MR) is 66.5 cm³/mol. The fourth-order valence-corrected chi connectivity index (χ4v) is 1.47. The average Bonchev–Trinajstić information content (AvgIpc) is 2.89. The van der Waals surface area contributed by atoms with Gasteiger partial charge in [0.15, 0.2) is 5.69 Å². The van der Waals surface area contributed by atoms with E-state index in [2.05, 4.69) is 20.6 Å². The summed E-state index contributed by atoms with van der Waals surface area (Å²) in [6.45, 7) is 1.52. The van der Waals surface area contributed by atoms with E-state index in [0.29, 0.717) is 11.5 Å². The minimum Gasteiger partial charge on any atom is -0.396 e. The average molecular weight is 243 g/mol. The smallest absolute Gasteiger partial charge is 0.165 e. The van der Waals surface area contributed by atoms with Gasteiger partial charge in [-0.05, 0) is 18.6 Å². The Morgan fingerprint density at radius 3 is 3.06 bits per heavy atom. The second kappa shape index (κ2) is 5.63. The molecule has 2 heterocycles. The van der Waals surface area contributed by atoms with Gasteiger partial charge in [-0.3, -0.25) is 4.68 Å². The van der Waals surface area contributed by atoms with Crippen molar-refractivity contribution in [3.05, 3.63) is 30.2 Å². The molecule has 0 aliphatic heterocycles. The first-order valence-electron chi connectivity index (χ1n) is 5.54. The van der Waals surface area contributed by atoms with Gasteiger partial charge >= 0.3 is 0 Å². The number of rotatable bonds is 5. The highest BCUT2D eigenvalue weighted by molar-refractivity contribution is 5.54. The monoisotopic (exact) mass is 243 g/mol. The second-order valence-corrected chi connectivity index (χ2v) is 3.69. The van der Waals surface area contributed by atoms with Crippen LogP contribution in [-0.2, 0) is 6.54 Å². The number of hydrogen-bond acceptors (Lipinski definition) is 6. The Morgan fingerprint density at radius 2 is 2.33 bits per heavy atom. The molecule has 0 spiro atoms. The summed E-state index contributed by atoms with van der Waals surface area (Å²) in [5.74, 6) is 0.652. The fraction of sp³-hybridized carbons (Fsp3) is 0.273. The summed E-state index contributed by atoms with van der Waals surface area (Å²) >= 11 is 0. The van der Waals surface area contributed by atoms with E-state index in [1.165, 1.54) is 0 Å². The molecule has 0 aliphatic rings. The van der Waals surface area contributed by atoms with Gasteiger partial charge in [0.2, 0.25) is 0 Å². The molecule has 0 saturated heterocycles. The number of aromatic nitrogens is 4. The zero-order chi connectivity index (χ0) is 12.8. The zero-order valence-electron chi connectivity index (χ0n) is 9.74. The van der Waals surface area contributed by atoms with Crippen molar-refractivity contribution in [2.24, 2.45) is 0 Å². The third kappa shape index (κ3) is 2.95. The molecule has 0 bridgehead atoms. The van der Waals surface area contributed by atoms with E-state index in [1.807, 2.05) is 12.3 Å². The Kier molecular flexibility index (Phi) is 3.71. The molecular formula is C11H13N7. The number of hydrogen-bond donors (Lipinski definition) is 2. The lowest BCUT2D eigenvalue weighted by molar-refractivity contribution is 0.569. The number of nitriles is 1. The highest BCUT2D eigenvalue weighted by Gasteiger charge is 2.01. The van der Waals surface area contributed by atoms with Crippen molar-refractivity contribution in [3.63, 3.8) is 0 Å². The molecule has 2 aromatic rings. The molecule has 0 saturated carbocycles. The number of nitrogens with two attached hydrogens (primary N) is 1. The van der Waals surface area contributed by atoms with Crippen LogP contribution in [0.3, 0.4) is 0 Å². The number of aryl methyl sites for hydroxylation is 1. The Hall–Kier alpha value is -2.62. The van der Waals surface area contributed by atoms with Gasteiger partial charge in [-0.2, -0.15) is 5.26 Å². The molecule has 2 rings (SSSR count). The van der Waals surface area contributed by atoms with Gasteiger partial charge in [-0.25, -0.2) is 4.98 Å². The van der Waals surface area contributed by atoms with Crippen molar-refractivity contribution in [2.45, 2.75) is 13.0 Å². The summed E-state index contributed by atoms with van der Waals surface area (Å²) in [6, 6.07) is 5.38. The molecule has 0 radical (unpaired) electrons. The van der Waals surface area contributed by atoms with Gasteiger partial charge in [0.1, 0.15) is 11.9 Å². The van der Waals surface area contributed by atoms with Gasteiger partial charge in [0, 0.05) is 19.3 Å². The Morgan fingerprint density at radius 1 is 1.44 bits per heavy atom. The fourth-order valence-electron chi connectivity index (χ4n) is 1.47. The highest BCUT2D eigenvalue weighted by Crippen LogP contribution is 2.11. The second-order valence-electron chi connectivity index (χ2n) is 3.69. The first-order chi connectivity index (χ1) is 8.79. The molecule has 0 aromatic carbocycles. The number of nitrogens with zero attached hydrogens (tertiary/aromatic N) is 5. The van der Waals surface area contributed by atoms with Crippen LogP contribution >= 0.6 is 0 Å². The molecule has 0 fully saturated rings. The Labute approximate surface area is 104 Å². The minimum atomic E-state index is 0.247. The summed E-state index contributed by atoms with van der Waals surface area (Å²) < 4.78 is 1.76. The van der Waals surface area contributed by atoms with Gasteiger partial charge < -0.3 is 11.1 Å². The van der Waals surface area contributed by atoms with Crippen LogP contribution in [0.4, 0.5) is 11.5 Å². The van der Waals surface area contributed by atoms with E-state index >= 15 is 0 Å². The molecule has 0 unspecified atom stereocenters. The molecular weight excluding hydrogens is 230 g/mol. The predicted octanol–water partition coefficient (Wildman–Crippen LogP) is 0.629. The summed E-state index contributed by atoms with van der Waals surface area (Å²) in [7, 11) is 0. The lowest BCUT2D eigenvalue weighted by Gasteiger charge is -2.06. The van der Waals surface area contributed by atoms with Crippen molar-refractivity contribution in [1.29, 1.82) is 5.26 Å². The van der Waals surface area contributed by atoms with E-state index in [0.717, 1.165) is 19.5 Å². The van der Waals surface area contributed by atoms with Gasteiger partial charge in [0.05, 0.1) is 11.9 Å². The normalized spacial score (nSPS) is 9.94. The third-order valence-electron chi connectivity index (χ3n) is 2.37. The van der Waals surface area contributed by atoms with Crippen LogP contribution in [0.1, 0.15) is 12.1 Å². The van der Waals surface area contributed by atoms with Crippen molar-refractivity contribution in [1.82, 2.24) is 20.0 Å². The van der Waals surface area contributed by atoms with Gasteiger partial charge in [0.25, 0.3) is 0 Å². The lowest BCUT2D eigenvalue weighted by atomic mass is 10.3. The van der Waals surface area contributed by atoms with Gasteiger partial charge in [-0.1, -0.05) is 5.21 Å². The molecule has 0 amide bonds. The van der Waals surface area contributed by atoms with Crippen LogP contribution in [0.25, 0.3) is 0 Å². The quantitative estimate of drug-likeness (QED) is 0.746. The minimum absolute atomic E-state index is 0.247. The van der Waals surface area contributed by atoms with Crippen molar-refractivity contribution in [3.8, 4) is 6.07 Å². The third-order valence-corrected chi connectivity index (χ3v) is 2.37. The van der Waals surface area contributed by atoms with Crippen LogP contribution in [0.15, 0.2) is 24.5 Å². The summed E-state index contributed by atoms with van der Waals surface area (Å²) in [5.41, 5.74) is 6.23. The SMILES string of the molecule is N#Cc1nc(NCCCn2ccnn2)ccc1N. The first-order valence-corrected chi connectivity index (χ1v) is 5.54. The molecule has 0 aliphatic carbocycles. The molecule has 3 N–H and O–H groups in total. The topological polar surface area (TPSA) is 105 Å².